The van der Waals surface area contributed by atoms with Crippen molar-refractivity contribution in [2.24, 2.45) is 0 Å². The van der Waals surface area contributed by atoms with Crippen LogP contribution in [0.25, 0.3) is 0 Å². The largest absolute Gasteiger partial charge is 0.503 e. The Bertz CT molecular complexity index is 381. The van der Waals surface area contributed by atoms with Gasteiger partial charge in [-0.2, -0.15) is 0 Å². The van der Waals surface area contributed by atoms with Gasteiger partial charge < -0.3 is 10.2 Å². The van der Waals surface area contributed by atoms with Gasteiger partial charge in [0.2, 0.25) is 0 Å². The molecule has 0 saturated carbocycles. The van der Waals surface area contributed by atoms with E-state index in [1.54, 1.807) is 0 Å². The normalized spacial score (nSPS) is 10.6. The molecule has 0 unspecified atom stereocenters. The SMILES string of the molecule is O=C(O)c1ncc(C(F)F)c(F)c1O. The molecular formula is C7H4F3NO3. The number of carboxylic acids is 1. The molecule has 76 valence electrons. The molecule has 0 aliphatic rings. The number of aromatic hydroxyl groups is 1. The van der Waals surface area contributed by atoms with Crippen LogP contribution in [0.5, 0.6) is 5.75 Å². The Morgan fingerprint density at radius 1 is 1.50 bits per heavy atom. The second-order valence-electron chi connectivity index (χ2n) is 2.33. The van der Waals surface area contributed by atoms with Gasteiger partial charge in [0.25, 0.3) is 6.43 Å². The molecule has 0 aliphatic heterocycles. The zero-order valence-corrected chi connectivity index (χ0v) is 6.54. The molecule has 0 fully saturated rings. The van der Waals surface area contributed by atoms with Crippen LogP contribution in [0.15, 0.2) is 6.20 Å². The summed E-state index contributed by atoms with van der Waals surface area (Å²) in [4.78, 5) is 13.3. The van der Waals surface area contributed by atoms with Gasteiger partial charge in [0.05, 0.1) is 5.56 Å². The average molecular weight is 207 g/mol. The predicted octanol–water partition coefficient (Wildman–Crippen LogP) is 1.56. The lowest BCUT2D eigenvalue weighted by molar-refractivity contribution is 0.0684. The summed E-state index contributed by atoms with van der Waals surface area (Å²) in [6.45, 7) is 0. The Kier molecular flexibility index (Phi) is 2.59. The van der Waals surface area contributed by atoms with Crippen molar-refractivity contribution in [3.05, 3.63) is 23.3 Å². The van der Waals surface area contributed by atoms with E-state index in [1.165, 1.54) is 0 Å². The summed E-state index contributed by atoms with van der Waals surface area (Å²) in [7, 11) is 0. The minimum atomic E-state index is -3.16. The maximum Gasteiger partial charge on any atom is 0.358 e. The summed E-state index contributed by atoms with van der Waals surface area (Å²) < 4.78 is 36.8. The topological polar surface area (TPSA) is 70.4 Å². The minimum Gasteiger partial charge on any atom is -0.503 e. The van der Waals surface area contributed by atoms with Crippen LogP contribution in [-0.2, 0) is 0 Å². The molecule has 1 rings (SSSR count). The van der Waals surface area contributed by atoms with Crippen molar-refractivity contribution in [1.82, 2.24) is 4.98 Å². The first kappa shape index (κ1) is 10.3. The number of aromatic nitrogens is 1. The lowest BCUT2D eigenvalue weighted by Gasteiger charge is -2.04. The van der Waals surface area contributed by atoms with Crippen LogP contribution in [0.3, 0.4) is 0 Å². The molecular weight excluding hydrogens is 203 g/mol. The number of aromatic carboxylic acids is 1. The van der Waals surface area contributed by atoms with E-state index in [2.05, 4.69) is 4.98 Å². The van der Waals surface area contributed by atoms with Crippen molar-refractivity contribution in [3.8, 4) is 5.75 Å². The van der Waals surface area contributed by atoms with Crippen LogP contribution >= 0.6 is 0 Å². The molecule has 1 aromatic rings. The van der Waals surface area contributed by atoms with Gasteiger partial charge in [-0.25, -0.2) is 22.9 Å². The number of halogens is 3. The number of rotatable bonds is 2. The zero-order valence-electron chi connectivity index (χ0n) is 6.54. The summed E-state index contributed by atoms with van der Waals surface area (Å²) in [5.41, 5.74) is -2.13. The second-order valence-corrected chi connectivity index (χ2v) is 2.33. The molecule has 0 aliphatic carbocycles. The predicted molar refractivity (Wildman–Crippen MR) is 37.8 cm³/mol. The third-order valence-corrected chi connectivity index (χ3v) is 1.46. The Labute approximate surface area is 75.6 Å². The van der Waals surface area contributed by atoms with Crippen LogP contribution in [0.1, 0.15) is 22.5 Å². The van der Waals surface area contributed by atoms with Crippen molar-refractivity contribution in [3.63, 3.8) is 0 Å². The van der Waals surface area contributed by atoms with E-state index >= 15 is 0 Å². The van der Waals surface area contributed by atoms with Gasteiger partial charge in [-0.3, -0.25) is 0 Å². The Morgan fingerprint density at radius 3 is 2.50 bits per heavy atom. The van der Waals surface area contributed by atoms with Crippen LogP contribution in [0.4, 0.5) is 13.2 Å². The molecule has 4 nitrogen and oxygen atoms in total. The van der Waals surface area contributed by atoms with Crippen LogP contribution in [0.2, 0.25) is 0 Å². The molecule has 0 radical (unpaired) electrons. The number of carbonyl (C=O) groups is 1. The summed E-state index contributed by atoms with van der Waals surface area (Å²) in [6.07, 6.45) is -2.78. The summed E-state index contributed by atoms with van der Waals surface area (Å²) in [5.74, 6) is -4.73. The number of hydrogen-bond acceptors (Lipinski definition) is 3. The molecule has 2 N–H and O–H groups in total. The molecule has 1 heterocycles. The van der Waals surface area contributed by atoms with E-state index in [0.717, 1.165) is 0 Å². The first-order valence-electron chi connectivity index (χ1n) is 3.34. The van der Waals surface area contributed by atoms with Gasteiger partial charge in [0.15, 0.2) is 17.3 Å². The number of nitrogens with zero attached hydrogens (tertiary/aromatic N) is 1. The zero-order chi connectivity index (χ0) is 10.9. The van der Waals surface area contributed by atoms with Gasteiger partial charge in [-0.15, -0.1) is 0 Å². The molecule has 14 heavy (non-hydrogen) atoms. The quantitative estimate of drug-likeness (QED) is 0.771. The van der Waals surface area contributed by atoms with E-state index in [-0.39, 0.29) is 0 Å². The van der Waals surface area contributed by atoms with Crippen LogP contribution in [-0.4, -0.2) is 21.2 Å². The van der Waals surface area contributed by atoms with Gasteiger partial charge in [-0.05, 0) is 0 Å². The fourth-order valence-corrected chi connectivity index (χ4v) is 0.801. The number of hydrogen-bond donors (Lipinski definition) is 2. The number of pyridine rings is 1. The van der Waals surface area contributed by atoms with Crippen molar-refractivity contribution < 1.29 is 28.2 Å². The highest BCUT2D eigenvalue weighted by Crippen LogP contribution is 2.28. The summed E-state index contributed by atoms with van der Waals surface area (Å²) in [6, 6.07) is 0. The molecule has 0 saturated heterocycles. The van der Waals surface area contributed by atoms with Gasteiger partial charge in [0.1, 0.15) is 0 Å². The smallest absolute Gasteiger partial charge is 0.358 e. The van der Waals surface area contributed by atoms with Crippen molar-refractivity contribution in [1.29, 1.82) is 0 Å². The molecule has 0 bridgehead atoms. The van der Waals surface area contributed by atoms with E-state index in [1.807, 2.05) is 0 Å². The Hall–Kier alpha value is -1.79. The maximum atomic E-state index is 12.8. The molecule has 0 aromatic carbocycles. The second kappa shape index (κ2) is 3.52. The maximum absolute atomic E-state index is 12.8. The average Bonchev–Trinajstić information content (AvgIpc) is 2.08. The van der Waals surface area contributed by atoms with Crippen molar-refractivity contribution >= 4 is 5.97 Å². The first-order chi connectivity index (χ1) is 6.45. The van der Waals surface area contributed by atoms with Gasteiger partial charge in [-0.1, -0.05) is 0 Å². The van der Waals surface area contributed by atoms with Crippen molar-refractivity contribution in [2.75, 3.05) is 0 Å². The van der Waals surface area contributed by atoms with Crippen molar-refractivity contribution in [2.45, 2.75) is 6.43 Å². The fourth-order valence-electron chi connectivity index (χ4n) is 0.801. The minimum absolute atomic E-state index is 0.378. The molecule has 0 atom stereocenters. The van der Waals surface area contributed by atoms with E-state index in [9.17, 15) is 18.0 Å². The third kappa shape index (κ3) is 1.61. The Balaban J connectivity index is 3.33. The fraction of sp³-hybridized carbons (Fsp3) is 0.143. The third-order valence-electron chi connectivity index (χ3n) is 1.46. The highest BCUT2D eigenvalue weighted by Gasteiger charge is 2.23. The molecule has 1 aromatic heterocycles. The highest BCUT2D eigenvalue weighted by atomic mass is 19.3. The number of carboxylic acid groups (broad SMARTS) is 1. The van der Waals surface area contributed by atoms with Gasteiger partial charge in [0, 0.05) is 6.20 Å². The summed E-state index contributed by atoms with van der Waals surface area (Å²) in [5, 5.41) is 17.2. The van der Waals surface area contributed by atoms with Crippen LogP contribution < -0.4 is 0 Å². The van der Waals surface area contributed by atoms with Crippen LogP contribution in [0, 0.1) is 5.82 Å². The summed E-state index contributed by atoms with van der Waals surface area (Å²) >= 11 is 0. The first-order valence-corrected chi connectivity index (χ1v) is 3.34. The Morgan fingerprint density at radius 2 is 2.07 bits per heavy atom. The monoisotopic (exact) mass is 207 g/mol. The van der Waals surface area contributed by atoms with Gasteiger partial charge >= 0.3 is 5.97 Å². The number of alkyl halides is 2. The lowest BCUT2D eigenvalue weighted by Crippen LogP contribution is -2.04. The van der Waals surface area contributed by atoms with E-state index in [0.29, 0.717) is 6.20 Å². The molecule has 0 amide bonds. The highest BCUT2D eigenvalue weighted by molar-refractivity contribution is 5.88. The lowest BCUT2D eigenvalue weighted by atomic mass is 10.2. The standard InChI is InChI=1S/C7H4F3NO3/c8-3-2(6(9)10)1-11-4(5(3)12)7(13)14/h1,6,12H,(H,13,14). The molecule has 7 heteroatoms. The van der Waals surface area contributed by atoms with E-state index < -0.39 is 35.2 Å². The molecule has 0 spiro atoms. The van der Waals surface area contributed by atoms with E-state index in [4.69, 9.17) is 10.2 Å².